The van der Waals surface area contributed by atoms with Gasteiger partial charge < -0.3 is 10.6 Å². The number of anilines is 1. The van der Waals surface area contributed by atoms with Gasteiger partial charge >= 0.3 is 0 Å². The highest BCUT2D eigenvalue weighted by Gasteiger charge is 2.07. The van der Waals surface area contributed by atoms with Gasteiger partial charge in [0.05, 0.1) is 0 Å². The SMILES string of the molecule is CC(N)c1ccc(N(C)Cc2ccccc2Br)nc1. The molecule has 1 aromatic carbocycles. The molecule has 1 heterocycles. The number of aromatic nitrogens is 1. The van der Waals surface area contributed by atoms with Crippen molar-refractivity contribution in [3.8, 4) is 0 Å². The molecule has 0 aliphatic rings. The Labute approximate surface area is 122 Å². The van der Waals surface area contributed by atoms with E-state index >= 15 is 0 Å². The molecular weight excluding hydrogens is 302 g/mol. The average Bonchev–Trinajstić information content (AvgIpc) is 2.41. The number of nitrogens with two attached hydrogens (primary N) is 1. The number of nitrogens with zero attached hydrogens (tertiary/aromatic N) is 2. The van der Waals surface area contributed by atoms with Crippen LogP contribution in [-0.2, 0) is 6.54 Å². The van der Waals surface area contributed by atoms with E-state index in [4.69, 9.17) is 5.73 Å². The molecule has 0 radical (unpaired) electrons. The molecule has 0 saturated carbocycles. The summed E-state index contributed by atoms with van der Waals surface area (Å²) in [6.07, 6.45) is 1.84. The second kappa shape index (κ2) is 6.17. The normalized spacial score (nSPS) is 12.2. The van der Waals surface area contributed by atoms with Crippen LogP contribution >= 0.6 is 15.9 Å². The van der Waals surface area contributed by atoms with Crippen molar-refractivity contribution in [2.24, 2.45) is 5.73 Å². The van der Waals surface area contributed by atoms with Gasteiger partial charge in [-0.1, -0.05) is 40.2 Å². The number of pyridine rings is 1. The highest BCUT2D eigenvalue weighted by molar-refractivity contribution is 9.10. The lowest BCUT2D eigenvalue weighted by Gasteiger charge is -2.19. The van der Waals surface area contributed by atoms with Crippen LogP contribution < -0.4 is 10.6 Å². The van der Waals surface area contributed by atoms with Crippen LogP contribution in [0.5, 0.6) is 0 Å². The number of benzene rings is 1. The zero-order valence-corrected chi connectivity index (χ0v) is 12.8. The average molecular weight is 320 g/mol. The van der Waals surface area contributed by atoms with Crippen molar-refractivity contribution >= 4 is 21.7 Å². The molecule has 1 atom stereocenters. The molecule has 2 rings (SSSR count). The van der Waals surface area contributed by atoms with Gasteiger partial charge in [-0.3, -0.25) is 0 Å². The smallest absolute Gasteiger partial charge is 0.128 e. The maximum Gasteiger partial charge on any atom is 0.128 e. The summed E-state index contributed by atoms with van der Waals surface area (Å²) in [6, 6.07) is 12.3. The first kappa shape index (κ1) is 14.0. The minimum absolute atomic E-state index is 0.0233. The van der Waals surface area contributed by atoms with E-state index < -0.39 is 0 Å². The third-order valence-corrected chi connectivity index (χ3v) is 3.83. The van der Waals surface area contributed by atoms with Crippen LogP contribution in [0.4, 0.5) is 5.82 Å². The summed E-state index contributed by atoms with van der Waals surface area (Å²) in [5, 5.41) is 0. The van der Waals surface area contributed by atoms with E-state index in [2.05, 4.69) is 37.9 Å². The molecule has 1 aromatic heterocycles. The largest absolute Gasteiger partial charge is 0.355 e. The first-order chi connectivity index (χ1) is 9.08. The summed E-state index contributed by atoms with van der Waals surface area (Å²) in [6.45, 7) is 2.77. The van der Waals surface area contributed by atoms with Gasteiger partial charge in [0.15, 0.2) is 0 Å². The zero-order valence-electron chi connectivity index (χ0n) is 11.2. The van der Waals surface area contributed by atoms with E-state index in [-0.39, 0.29) is 6.04 Å². The van der Waals surface area contributed by atoms with Crippen LogP contribution in [0.2, 0.25) is 0 Å². The van der Waals surface area contributed by atoms with E-state index in [9.17, 15) is 0 Å². The summed E-state index contributed by atoms with van der Waals surface area (Å²) in [5.41, 5.74) is 8.12. The Hall–Kier alpha value is -1.39. The molecule has 3 nitrogen and oxygen atoms in total. The summed E-state index contributed by atoms with van der Waals surface area (Å²) in [7, 11) is 2.04. The monoisotopic (exact) mass is 319 g/mol. The second-order valence-corrected chi connectivity index (χ2v) is 5.54. The minimum Gasteiger partial charge on any atom is -0.355 e. The molecule has 0 saturated heterocycles. The van der Waals surface area contributed by atoms with Crippen LogP contribution in [-0.4, -0.2) is 12.0 Å². The van der Waals surface area contributed by atoms with Gasteiger partial charge in [0.1, 0.15) is 5.82 Å². The fourth-order valence-electron chi connectivity index (χ4n) is 1.86. The summed E-state index contributed by atoms with van der Waals surface area (Å²) >= 11 is 3.56. The Morgan fingerprint density at radius 3 is 2.58 bits per heavy atom. The van der Waals surface area contributed by atoms with Crippen LogP contribution in [0.3, 0.4) is 0 Å². The Morgan fingerprint density at radius 1 is 1.26 bits per heavy atom. The molecule has 4 heteroatoms. The molecule has 19 heavy (non-hydrogen) atoms. The minimum atomic E-state index is 0.0233. The van der Waals surface area contributed by atoms with Gasteiger partial charge in [0.2, 0.25) is 0 Å². The summed E-state index contributed by atoms with van der Waals surface area (Å²) in [4.78, 5) is 6.57. The maximum absolute atomic E-state index is 5.82. The summed E-state index contributed by atoms with van der Waals surface area (Å²) < 4.78 is 1.12. The number of halogens is 1. The van der Waals surface area contributed by atoms with E-state index in [0.29, 0.717) is 0 Å². The fraction of sp³-hybridized carbons (Fsp3) is 0.267. The molecule has 1 unspecified atom stereocenters. The Balaban J connectivity index is 2.12. The Bertz CT molecular complexity index is 537. The molecular formula is C15H18BrN3. The van der Waals surface area contributed by atoms with Gasteiger partial charge in [-0.2, -0.15) is 0 Å². The third kappa shape index (κ3) is 3.55. The van der Waals surface area contributed by atoms with Crippen molar-refractivity contribution in [2.45, 2.75) is 19.5 Å². The fourth-order valence-corrected chi connectivity index (χ4v) is 2.27. The van der Waals surface area contributed by atoms with Crippen molar-refractivity contribution in [1.29, 1.82) is 0 Å². The highest BCUT2D eigenvalue weighted by Crippen LogP contribution is 2.20. The second-order valence-electron chi connectivity index (χ2n) is 4.69. The van der Waals surface area contributed by atoms with Crippen molar-refractivity contribution in [3.05, 3.63) is 58.2 Å². The molecule has 0 spiro atoms. The molecule has 2 N–H and O–H groups in total. The van der Waals surface area contributed by atoms with Crippen LogP contribution in [0.15, 0.2) is 47.1 Å². The molecule has 100 valence electrons. The quantitative estimate of drug-likeness (QED) is 0.937. The van der Waals surface area contributed by atoms with E-state index in [1.54, 1.807) is 0 Å². The lowest BCUT2D eigenvalue weighted by Crippen LogP contribution is -2.18. The van der Waals surface area contributed by atoms with Gasteiger partial charge in [-0.15, -0.1) is 0 Å². The first-order valence-corrected chi connectivity index (χ1v) is 7.03. The number of rotatable bonds is 4. The van der Waals surface area contributed by atoms with Gasteiger partial charge in [-0.25, -0.2) is 4.98 Å². The standard InChI is InChI=1S/C15H18BrN3/c1-11(17)12-7-8-15(18-9-12)19(2)10-13-5-3-4-6-14(13)16/h3-9,11H,10,17H2,1-2H3. The highest BCUT2D eigenvalue weighted by atomic mass is 79.9. The van der Waals surface area contributed by atoms with E-state index in [0.717, 1.165) is 22.4 Å². The molecule has 2 aromatic rings. The maximum atomic E-state index is 5.82. The van der Waals surface area contributed by atoms with Crippen molar-refractivity contribution in [3.63, 3.8) is 0 Å². The van der Waals surface area contributed by atoms with Crippen molar-refractivity contribution < 1.29 is 0 Å². The predicted octanol–water partition coefficient (Wildman–Crippen LogP) is 3.50. The lowest BCUT2D eigenvalue weighted by atomic mass is 10.1. The van der Waals surface area contributed by atoms with Gasteiger partial charge in [-0.05, 0) is 30.2 Å². The molecule has 0 bridgehead atoms. The molecule has 0 amide bonds. The zero-order chi connectivity index (χ0) is 13.8. The van der Waals surface area contributed by atoms with Crippen molar-refractivity contribution in [1.82, 2.24) is 4.98 Å². The Kier molecular flexibility index (Phi) is 4.56. The van der Waals surface area contributed by atoms with E-state index in [1.807, 2.05) is 44.4 Å². The molecule has 0 aliphatic heterocycles. The Morgan fingerprint density at radius 2 is 2.00 bits per heavy atom. The topological polar surface area (TPSA) is 42.1 Å². The molecule has 0 fully saturated rings. The predicted molar refractivity (Wildman–Crippen MR) is 83.1 cm³/mol. The van der Waals surface area contributed by atoms with Crippen LogP contribution in [0.25, 0.3) is 0 Å². The van der Waals surface area contributed by atoms with Gasteiger partial charge in [0, 0.05) is 30.3 Å². The summed E-state index contributed by atoms with van der Waals surface area (Å²) in [5.74, 6) is 0.945. The van der Waals surface area contributed by atoms with E-state index in [1.165, 1.54) is 5.56 Å². The third-order valence-electron chi connectivity index (χ3n) is 3.05. The first-order valence-electron chi connectivity index (χ1n) is 6.24. The number of hydrogen-bond donors (Lipinski definition) is 1. The number of hydrogen-bond acceptors (Lipinski definition) is 3. The van der Waals surface area contributed by atoms with Crippen LogP contribution in [0.1, 0.15) is 24.1 Å². The molecule has 0 aliphatic carbocycles. The lowest BCUT2D eigenvalue weighted by molar-refractivity contribution is 0.807. The van der Waals surface area contributed by atoms with Crippen LogP contribution in [0, 0.1) is 0 Å². The van der Waals surface area contributed by atoms with Crippen molar-refractivity contribution in [2.75, 3.05) is 11.9 Å². The van der Waals surface area contributed by atoms with Gasteiger partial charge in [0.25, 0.3) is 0 Å².